The van der Waals surface area contributed by atoms with E-state index >= 15 is 0 Å². The molecule has 0 fully saturated rings. The summed E-state index contributed by atoms with van der Waals surface area (Å²) in [7, 11) is 0. The number of hydrogen-bond donors (Lipinski definition) is 2. The second-order valence-electron chi connectivity index (χ2n) is 4.56. The molecule has 2 atom stereocenters. The highest BCUT2D eigenvalue weighted by Crippen LogP contribution is 2.21. The van der Waals surface area contributed by atoms with E-state index in [1.807, 2.05) is 0 Å². The fraction of sp³-hybridized carbons (Fsp3) is 0.769. The number of imidazole rings is 1. The molecule has 0 aromatic carbocycles. The van der Waals surface area contributed by atoms with Crippen molar-refractivity contribution in [2.24, 2.45) is 11.7 Å². The third-order valence-electron chi connectivity index (χ3n) is 3.29. The topological polar surface area (TPSA) is 54.7 Å². The Morgan fingerprint density at radius 2 is 2.00 bits per heavy atom. The van der Waals surface area contributed by atoms with E-state index in [1.54, 1.807) is 0 Å². The predicted molar refractivity (Wildman–Crippen MR) is 68.3 cm³/mol. The predicted octanol–water partition coefficient (Wildman–Crippen LogP) is 2.97. The highest BCUT2D eigenvalue weighted by Gasteiger charge is 2.18. The maximum Gasteiger partial charge on any atom is 0.123 e. The van der Waals surface area contributed by atoms with Crippen LogP contribution in [0, 0.1) is 5.92 Å². The Balaban J connectivity index is 2.89. The van der Waals surface area contributed by atoms with Gasteiger partial charge < -0.3 is 10.7 Å². The number of nitrogens with two attached hydrogens (primary N) is 1. The van der Waals surface area contributed by atoms with Gasteiger partial charge in [-0.1, -0.05) is 40.5 Å². The number of aromatic amines is 1. The van der Waals surface area contributed by atoms with E-state index in [1.165, 1.54) is 11.4 Å². The number of H-pyrrole nitrogens is 1. The molecule has 0 aliphatic heterocycles. The SMILES string of the molecule is CCCc1[nH]c(C(N)C(C)CC)nc1CC. The lowest BCUT2D eigenvalue weighted by atomic mass is 10.00. The first kappa shape index (κ1) is 13.2. The lowest BCUT2D eigenvalue weighted by Gasteiger charge is -2.15. The molecule has 0 spiro atoms. The summed E-state index contributed by atoms with van der Waals surface area (Å²) in [5, 5.41) is 0. The number of aryl methyl sites for hydroxylation is 2. The highest BCUT2D eigenvalue weighted by atomic mass is 15.0. The van der Waals surface area contributed by atoms with Crippen LogP contribution >= 0.6 is 0 Å². The minimum Gasteiger partial charge on any atom is -0.344 e. The summed E-state index contributed by atoms with van der Waals surface area (Å²) in [4.78, 5) is 8.05. The van der Waals surface area contributed by atoms with Gasteiger partial charge in [0.15, 0.2) is 0 Å². The van der Waals surface area contributed by atoms with Crippen molar-refractivity contribution >= 4 is 0 Å². The van der Waals surface area contributed by atoms with Crippen LogP contribution in [0.2, 0.25) is 0 Å². The number of nitrogens with zero attached hydrogens (tertiary/aromatic N) is 1. The van der Waals surface area contributed by atoms with Crippen molar-refractivity contribution in [1.29, 1.82) is 0 Å². The molecule has 92 valence electrons. The largest absolute Gasteiger partial charge is 0.344 e. The van der Waals surface area contributed by atoms with E-state index in [4.69, 9.17) is 5.73 Å². The van der Waals surface area contributed by atoms with Crippen LogP contribution in [-0.2, 0) is 12.8 Å². The normalized spacial score (nSPS) is 15.1. The Morgan fingerprint density at radius 3 is 2.50 bits per heavy atom. The lowest BCUT2D eigenvalue weighted by molar-refractivity contribution is 0.441. The smallest absolute Gasteiger partial charge is 0.123 e. The van der Waals surface area contributed by atoms with Gasteiger partial charge in [-0.3, -0.25) is 0 Å². The summed E-state index contributed by atoms with van der Waals surface area (Å²) in [5.41, 5.74) is 8.66. The molecule has 3 N–H and O–H groups in total. The number of aromatic nitrogens is 2. The van der Waals surface area contributed by atoms with E-state index in [9.17, 15) is 0 Å². The summed E-state index contributed by atoms with van der Waals surface area (Å²) in [5.74, 6) is 1.44. The first-order valence-corrected chi connectivity index (χ1v) is 6.47. The quantitative estimate of drug-likeness (QED) is 0.779. The molecular formula is C13H25N3. The van der Waals surface area contributed by atoms with Crippen molar-refractivity contribution in [3.8, 4) is 0 Å². The van der Waals surface area contributed by atoms with Gasteiger partial charge in [0.1, 0.15) is 5.82 Å². The maximum absolute atomic E-state index is 6.19. The molecule has 16 heavy (non-hydrogen) atoms. The minimum absolute atomic E-state index is 0.0425. The van der Waals surface area contributed by atoms with Gasteiger partial charge in [-0.2, -0.15) is 0 Å². The molecule has 1 aromatic heterocycles. The van der Waals surface area contributed by atoms with E-state index in [0.29, 0.717) is 5.92 Å². The van der Waals surface area contributed by atoms with Crippen LogP contribution in [0.3, 0.4) is 0 Å². The molecule has 0 aliphatic carbocycles. The Kier molecular flexibility index (Phi) is 5.00. The number of nitrogens with one attached hydrogen (secondary N) is 1. The van der Waals surface area contributed by atoms with Gasteiger partial charge in [-0.05, 0) is 18.8 Å². The van der Waals surface area contributed by atoms with E-state index in [0.717, 1.165) is 31.5 Å². The standard InChI is InChI=1S/C13H25N3/c1-5-8-11-10(7-3)15-13(16-11)12(14)9(4)6-2/h9,12H,5-8,14H2,1-4H3,(H,15,16). The van der Waals surface area contributed by atoms with Crippen molar-refractivity contribution in [2.45, 2.75) is 59.4 Å². The molecule has 1 heterocycles. The molecule has 0 saturated carbocycles. The fourth-order valence-electron chi connectivity index (χ4n) is 1.90. The second-order valence-corrected chi connectivity index (χ2v) is 4.56. The number of rotatable bonds is 6. The highest BCUT2D eigenvalue weighted by molar-refractivity contribution is 5.17. The van der Waals surface area contributed by atoms with Crippen LogP contribution < -0.4 is 5.73 Å². The van der Waals surface area contributed by atoms with Crippen LogP contribution in [0.4, 0.5) is 0 Å². The zero-order valence-electron chi connectivity index (χ0n) is 11.0. The Labute approximate surface area is 98.8 Å². The first-order valence-electron chi connectivity index (χ1n) is 6.47. The zero-order chi connectivity index (χ0) is 12.1. The molecule has 0 amide bonds. The van der Waals surface area contributed by atoms with Crippen molar-refractivity contribution < 1.29 is 0 Å². The van der Waals surface area contributed by atoms with Crippen LogP contribution in [0.5, 0.6) is 0 Å². The summed E-state index contributed by atoms with van der Waals surface area (Å²) in [6.45, 7) is 8.68. The fourth-order valence-corrected chi connectivity index (χ4v) is 1.90. The number of hydrogen-bond acceptors (Lipinski definition) is 2. The second kappa shape index (κ2) is 6.04. The monoisotopic (exact) mass is 223 g/mol. The third kappa shape index (κ3) is 2.85. The zero-order valence-corrected chi connectivity index (χ0v) is 11.0. The summed E-state index contributed by atoms with van der Waals surface area (Å²) in [6.07, 6.45) is 4.29. The van der Waals surface area contributed by atoms with Crippen LogP contribution in [0.1, 0.15) is 63.8 Å². The minimum atomic E-state index is 0.0425. The molecule has 2 unspecified atom stereocenters. The summed E-state index contributed by atoms with van der Waals surface area (Å²) < 4.78 is 0. The van der Waals surface area contributed by atoms with E-state index in [2.05, 4.69) is 37.7 Å². The molecule has 1 aromatic rings. The van der Waals surface area contributed by atoms with Crippen molar-refractivity contribution in [1.82, 2.24) is 9.97 Å². The van der Waals surface area contributed by atoms with Crippen LogP contribution in [-0.4, -0.2) is 9.97 Å². The summed E-state index contributed by atoms with van der Waals surface area (Å²) in [6, 6.07) is 0.0425. The molecule has 0 bridgehead atoms. The molecule has 0 aliphatic rings. The molecule has 0 saturated heterocycles. The molecule has 3 heteroatoms. The van der Waals surface area contributed by atoms with Gasteiger partial charge in [-0.15, -0.1) is 0 Å². The molecule has 3 nitrogen and oxygen atoms in total. The van der Waals surface area contributed by atoms with Crippen LogP contribution in [0.15, 0.2) is 0 Å². The van der Waals surface area contributed by atoms with Gasteiger partial charge in [0.25, 0.3) is 0 Å². The van der Waals surface area contributed by atoms with E-state index < -0.39 is 0 Å². The van der Waals surface area contributed by atoms with Crippen molar-refractivity contribution in [3.63, 3.8) is 0 Å². The first-order chi connectivity index (χ1) is 7.63. The van der Waals surface area contributed by atoms with Gasteiger partial charge >= 0.3 is 0 Å². The molecule has 1 rings (SSSR count). The molecule has 0 radical (unpaired) electrons. The van der Waals surface area contributed by atoms with Crippen molar-refractivity contribution in [3.05, 3.63) is 17.2 Å². The van der Waals surface area contributed by atoms with E-state index in [-0.39, 0.29) is 6.04 Å². The average Bonchev–Trinajstić information content (AvgIpc) is 2.70. The Hall–Kier alpha value is -0.830. The maximum atomic E-state index is 6.19. The van der Waals surface area contributed by atoms with Crippen molar-refractivity contribution in [2.75, 3.05) is 0 Å². The van der Waals surface area contributed by atoms with Gasteiger partial charge in [0.05, 0.1) is 11.7 Å². The third-order valence-corrected chi connectivity index (χ3v) is 3.29. The van der Waals surface area contributed by atoms with Gasteiger partial charge in [-0.25, -0.2) is 4.98 Å². The van der Waals surface area contributed by atoms with Gasteiger partial charge in [0, 0.05) is 5.69 Å². The molecular weight excluding hydrogens is 198 g/mol. The Bertz CT molecular complexity index is 317. The lowest BCUT2D eigenvalue weighted by Crippen LogP contribution is -2.20. The average molecular weight is 223 g/mol. The van der Waals surface area contributed by atoms with Crippen LogP contribution in [0.25, 0.3) is 0 Å². The van der Waals surface area contributed by atoms with Gasteiger partial charge in [0.2, 0.25) is 0 Å². The Morgan fingerprint density at radius 1 is 1.31 bits per heavy atom. The summed E-state index contributed by atoms with van der Waals surface area (Å²) >= 11 is 0.